The summed E-state index contributed by atoms with van der Waals surface area (Å²) < 4.78 is 11.6. The van der Waals surface area contributed by atoms with E-state index in [0.29, 0.717) is 29.2 Å². The van der Waals surface area contributed by atoms with E-state index in [1.165, 1.54) is 4.90 Å². The van der Waals surface area contributed by atoms with E-state index in [0.717, 1.165) is 4.90 Å². The molecule has 2 aromatic carbocycles. The molecule has 4 rings (SSSR count). The van der Waals surface area contributed by atoms with Crippen LogP contribution in [-0.4, -0.2) is 60.0 Å². The predicted octanol–water partition coefficient (Wildman–Crippen LogP) is 2.01. The predicted molar refractivity (Wildman–Crippen MR) is 117 cm³/mol. The molecule has 2 atom stereocenters. The average Bonchev–Trinajstić information content (AvgIpc) is 3.06. The maximum Gasteiger partial charge on any atom is 0.325 e. The van der Waals surface area contributed by atoms with Crippen molar-refractivity contribution in [2.45, 2.75) is 25.5 Å². The number of hydrogen-bond donors (Lipinski definition) is 1. The van der Waals surface area contributed by atoms with Crippen LogP contribution in [0.3, 0.4) is 0 Å². The molecule has 0 spiro atoms. The number of imide groups is 1. The molecule has 2 aliphatic rings. The van der Waals surface area contributed by atoms with Crippen molar-refractivity contribution < 1.29 is 23.9 Å². The molecule has 33 heavy (non-hydrogen) atoms. The number of nitrogens with zero attached hydrogens (tertiary/aromatic N) is 3. The number of ether oxygens (including phenoxy) is 2. The Morgan fingerprint density at radius 2 is 2.00 bits per heavy atom. The molecular weight excluding hydrogens is 424 g/mol. The lowest BCUT2D eigenvalue weighted by molar-refractivity contribution is -0.139. The van der Waals surface area contributed by atoms with Crippen molar-refractivity contribution in [3.05, 3.63) is 59.7 Å². The molecule has 9 heteroatoms. The summed E-state index contributed by atoms with van der Waals surface area (Å²) >= 11 is 0. The summed E-state index contributed by atoms with van der Waals surface area (Å²) in [5.41, 5.74) is -0.502. The van der Waals surface area contributed by atoms with Gasteiger partial charge in [-0.1, -0.05) is 24.3 Å². The topological polar surface area (TPSA) is 112 Å². The SMILES string of the molecule is CCN(CC1COc2ccccc2O1)C(=O)CN1C(=O)NC(C)(c2cccc(C#N)c2)C1=O. The summed E-state index contributed by atoms with van der Waals surface area (Å²) in [5.74, 6) is 0.348. The van der Waals surface area contributed by atoms with Gasteiger partial charge in [-0.15, -0.1) is 0 Å². The first-order chi connectivity index (χ1) is 15.9. The molecule has 9 nitrogen and oxygen atoms in total. The number of amides is 4. The van der Waals surface area contributed by atoms with Crippen LogP contribution in [0, 0.1) is 11.3 Å². The Bertz CT molecular complexity index is 1140. The lowest BCUT2D eigenvalue weighted by Gasteiger charge is -2.31. The second kappa shape index (κ2) is 8.82. The van der Waals surface area contributed by atoms with Gasteiger partial charge in [-0.3, -0.25) is 14.5 Å². The molecule has 0 saturated carbocycles. The van der Waals surface area contributed by atoms with Crippen molar-refractivity contribution in [1.82, 2.24) is 15.1 Å². The molecule has 0 radical (unpaired) electrons. The van der Waals surface area contributed by atoms with Crippen LogP contribution < -0.4 is 14.8 Å². The Labute approximate surface area is 191 Å². The van der Waals surface area contributed by atoms with Crippen molar-refractivity contribution in [2.24, 2.45) is 0 Å². The molecule has 170 valence electrons. The maximum atomic E-state index is 13.2. The van der Waals surface area contributed by atoms with Gasteiger partial charge in [0, 0.05) is 6.54 Å². The number of nitrogens with one attached hydrogen (secondary N) is 1. The van der Waals surface area contributed by atoms with E-state index in [1.807, 2.05) is 31.2 Å². The van der Waals surface area contributed by atoms with Gasteiger partial charge in [0.05, 0.1) is 18.2 Å². The first kappa shape index (κ1) is 22.1. The number of carbonyl (C=O) groups is 3. The van der Waals surface area contributed by atoms with Crippen LogP contribution in [0.25, 0.3) is 0 Å². The second-order valence-corrected chi connectivity index (χ2v) is 8.07. The van der Waals surface area contributed by atoms with Gasteiger partial charge >= 0.3 is 6.03 Å². The van der Waals surface area contributed by atoms with E-state index >= 15 is 0 Å². The van der Waals surface area contributed by atoms with Gasteiger partial charge in [-0.2, -0.15) is 5.26 Å². The molecular formula is C24H24N4O5. The molecule has 2 aliphatic heterocycles. The lowest BCUT2D eigenvalue weighted by atomic mass is 9.91. The molecule has 2 heterocycles. The van der Waals surface area contributed by atoms with Crippen LogP contribution in [0.5, 0.6) is 11.5 Å². The molecule has 2 unspecified atom stereocenters. The summed E-state index contributed by atoms with van der Waals surface area (Å²) in [6.07, 6.45) is -0.370. The Hall–Kier alpha value is -4.06. The van der Waals surface area contributed by atoms with E-state index in [1.54, 1.807) is 37.3 Å². The van der Waals surface area contributed by atoms with E-state index in [2.05, 4.69) is 5.32 Å². The third-order valence-electron chi connectivity index (χ3n) is 5.86. The van der Waals surface area contributed by atoms with Gasteiger partial charge in [-0.25, -0.2) is 4.79 Å². The average molecular weight is 448 g/mol. The first-order valence-corrected chi connectivity index (χ1v) is 10.7. The van der Waals surface area contributed by atoms with Gasteiger partial charge in [0.25, 0.3) is 5.91 Å². The normalized spacial score (nSPS) is 21.4. The number of carbonyl (C=O) groups excluding carboxylic acids is 3. The largest absolute Gasteiger partial charge is 0.486 e. The van der Waals surface area contributed by atoms with Crippen LogP contribution in [0.2, 0.25) is 0 Å². The fraction of sp³-hybridized carbons (Fsp3) is 0.333. The quantitative estimate of drug-likeness (QED) is 0.677. The highest BCUT2D eigenvalue weighted by atomic mass is 16.6. The molecule has 1 fully saturated rings. The first-order valence-electron chi connectivity index (χ1n) is 10.7. The molecule has 0 bridgehead atoms. The maximum absolute atomic E-state index is 13.2. The molecule has 0 aromatic heterocycles. The van der Waals surface area contributed by atoms with Crippen LogP contribution >= 0.6 is 0 Å². The molecule has 4 amide bonds. The van der Waals surface area contributed by atoms with Crippen molar-refractivity contribution in [2.75, 3.05) is 26.2 Å². The van der Waals surface area contributed by atoms with Crippen LogP contribution in [0.4, 0.5) is 4.79 Å². The Morgan fingerprint density at radius 3 is 2.73 bits per heavy atom. The number of fused-ring (bicyclic) bond motifs is 1. The number of likely N-dealkylation sites (N-methyl/N-ethyl adjacent to an activating group) is 1. The monoisotopic (exact) mass is 448 g/mol. The third kappa shape index (κ3) is 4.20. The lowest BCUT2D eigenvalue weighted by Crippen LogP contribution is -2.48. The van der Waals surface area contributed by atoms with Crippen LogP contribution in [-0.2, 0) is 15.1 Å². The summed E-state index contributed by atoms with van der Waals surface area (Å²) in [5, 5.41) is 11.8. The minimum atomic E-state index is -1.36. The minimum absolute atomic E-state index is 0.259. The Kier molecular flexibility index (Phi) is 5.92. The zero-order valence-corrected chi connectivity index (χ0v) is 18.4. The van der Waals surface area contributed by atoms with E-state index < -0.39 is 24.0 Å². The summed E-state index contributed by atoms with van der Waals surface area (Å²) in [7, 11) is 0. The number of para-hydroxylation sites is 2. The zero-order chi connectivity index (χ0) is 23.6. The molecule has 0 aliphatic carbocycles. The van der Waals surface area contributed by atoms with Gasteiger partial charge in [0.15, 0.2) is 17.6 Å². The standard InChI is InChI=1S/C24H24N4O5/c1-3-27(13-18-15-32-19-9-4-5-10-20(19)33-18)21(29)14-28-22(30)24(2,26-23(28)31)17-8-6-7-16(11-17)12-25/h4-11,18H,3,13-15H2,1-2H3,(H,26,31). The van der Waals surface area contributed by atoms with E-state index in [9.17, 15) is 14.4 Å². The second-order valence-electron chi connectivity index (χ2n) is 8.07. The van der Waals surface area contributed by atoms with Crippen molar-refractivity contribution in [3.8, 4) is 17.6 Å². The minimum Gasteiger partial charge on any atom is -0.486 e. The number of hydrogen-bond acceptors (Lipinski definition) is 6. The zero-order valence-electron chi connectivity index (χ0n) is 18.4. The smallest absolute Gasteiger partial charge is 0.325 e. The Balaban J connectivity index is 1.44. The highest BCUT2D eigenvalue weighted by Gasteiger charge is 2.49. The van der Waals surface area contributed by atoms with Crippen molar-refractivity contribution in [1.29, 1.82) is 5.26 Å². The van der Waals surface area contributed by atoms with Crippen LogP contribution in [0.1, 0.15) is 25.0 Å². The summed E-state index contributed by atoms with van der Waals surface area (Å²) in [4.78, 5) is 41.2. The molecule has 1 N–H and O–H groups in total. The van der Waals surface area contributed by atoms with Crippen LogP contribution in [0.15, 0.2) is 48.5 Å². The van der Waals surface area contributed by atoms with Gasteiger partial charge < -0.3 is 19.7 Å². The van der Waals surface area contributed by atoms with E-state index in [4.69, 9.17) is 14.7 Å². The number of rotatable bonds is 6. The van der Waals surface area contributed by atoms with Gasteiger partial charge in [0.1, 0.15) is 18.7 Å². The highest BCUT2D eigenvalue weighted by molar-refractivity contribution is 6.09. The number of benzene rings is 2. The van der Waals surface area contributed by atoms with Crippen molar-refractivity contribution >= 4 is 17.8 Å². The third-order valence-corrected chi connectivity index (χ3v) is 5.86. The Morgan fingerprint density at radius 1 is 1.24 bits per heavy atom. The van der Waals surface area contributed by atoms with Gasteiger partial charge in [0.2, 0.25) is 5.91 Å². The summed E-state index contributed by atoms with van der Waals surface area (Å²) in [6.45, 7) is 3.92. The van der Waals surface area contributed by atoms with Crippen molar-refractivity contribution in [3.63, 3.8) is 0 Å². The van der Waals surface area contributed by atoms with E-state index in [-0.39, 0.29) is 25.2 Å². The molecule has 2 aromatic rings. The fourth-order valence-electron chi connectivity index (χ4n) is 3.98. The molecule has 1 saturated heterocycles. The summed E-state index contributed by atoms with van der Waals surface area (Å²) in [6, 6.07) is 15.2. The highest BCUT2D eigenvalue weighted by Crippen LogP contribution is 2.31. The van der Waals surface area contributed by atoms with Gasteiger partial charge in [-0.05, 0) is 43.7 Å². The number of urea groups is 1. The number of nitriles is 1. The fourth-order valence-corrected chi connectivity index (χ4v) is 3.98.